The number of hydrogen-bond donors (Lipinski definition) is 1. The van der Waals surface area contributed by atoms with Crippen LogP contribution in [0.25, 0.3) is 0 Å². The summed E-state index contributed by atoms with van der Waals surface area (Å²) in [5.74, 6) is -2.78. The van der Waals surface area contributed by atoms with Crippen molar-refractivity contribution in [1.82, 2.24) is 10.2 Å². The summed E-state index contributed by atoms with van der Waals surface area (Å²) in [4.78, 5) is 24.1. The maximum absolute atomic E-state index is 12.5. The molecule has 2 amide bonds. The van der Waals surface area contributed by atoms with E-state index in [-0.39, 0.29) is 19.0 Å². The molecule has 2 rings (SSSR count). The first kappa shape index (κ1) is 17.3. The molecule has 1 N–H and O–H groups in total. The Morgan fingerprint density at radius 1 is 1.26 bits per heavy atom. The van der Waals surface area contributed by atoms with Crippen molar-refractivity contribution in [2.75, 3.05) is 13.1 Å². The lowest BCUT2D eigenvalue weighted by molar-refractivity contribution is -0.187. The number of aryl methyl sites for hydroxylation is 1. The number of nitrogens with zero attached hydrogens (tertiary/aromatic N) is 1. The number of rotatable bonds is 3. The van der Waals surface area contributed by atoms with Crippen LogP contribution in [0, 0.1) is 12.8 Å². The van der Waals surface area contributed by atoms with Gasteiger partial charge in [0.25, 0.3) is 0 Å². The predicted molar refractivity (Wildman–Crippen MR) is 78.4 cm³/mol. The Bertz CT molecular complexity index is 570. The molecule has 1 unspecified atom stereocenters. The fourth-order valence-corrected chi connectivity index (χ4v) is 2.59. The van der Waals surface area contributed by atoms with E-state index in [1.807, 2.05) is 31.2 Å². The molecule has 4 nitrogen and oxygen atoms in total. The Morgan fingerprint density at radius 2 is 1.91 bits per heavy atom. The van der Waals surface area contributed by atoms with Gasteiger partial charge in [-0.05, 0) is 25.3 Å². The van der Waals surface area contributed by atoms with Crippen LogP contribution in [0.2, 0.25) is 0 Å². The number of piperidine rings is 1. The van der Waals surface area contributed by atoms with E-state index in [2.05, 4.69) is 5.32 Å². The van der Waals surface area contributed by atoms with Gasteiger partial charge in [0.05, 0.1) is 5.92 Å². The van der Waals surface area contributed by atoms with Crippen LogP contribution in [0.5, 0.6) is 0 Å². The van der Waals surface area contributed by atoms with Gasteiger partial charge in [-0.15, -0.1) is 0 Å². The number of halogens is 3. The molecular weight excluding hydrogens is 309 g/mol. The summed E-state index contributed by atoms with van der Waals surface area (Å²) < 4.78 is 37.4. The lowest BCUT2D eigenvalue weighted by atomic mass is 9.97. The van der Waals surface area contributed by atoms with E-state index < -0.39 is 18.0 Å². The smallest absolute Gasteiger partial charge is 0.352 e. The second-order valence-corrected chi connectivity index (χ2v) is 5.79. The van der Waals surface area contributed by atoms with Crippen molar-refractivity contribution < 1.29 is 22.8 Å². The Kier molecular flexibility index (Phi) is 5.28. The predicted octanol–water partition coefficient (Wildman–Crippen LogP) is 2.41. The van der Waals surface area contributed by atoms with Crippen LogP contribution < -0.4 is 5.32 Å². The van der Waals surface area contributed by atoms with Gasteiger partial charge in [0, 0.05) is 19.6 Å². The van der Waals surface area contributed by atoms with Crippen LogP contribution in [0.4, 0.5) is 13.2 Å². The highest BCUT2D eigenvalue weighted by Gasteiger charge is 2.44. The molecule has 0 bridgehead atoms. The summed E-state index contributed by atoms with van der Waals surface area (Å²) in [7, 11) is 0. The molecule has 1 aromatic carbocycles. The van der Waals surface area contributed by atoms with Gasteiger partial charge >= 0.3 is 12.1 Å². The molecule has 1 saturated heterocycles. The Hall–Kier alpha value is -2.05. The maximum Gasteiger partial charge on any atom is 0.471 e. The molecule has 0 spiro atoms. The average molecular weight is 328 g/mol. The first-order valence-electron chi connectivity index (χ1n) is 7.46. The molecule has 0 aromatic heterocycles. The summed E-state index contributed by atoms with van der Waals surface area (Å²) in [5, 5.41) is 2.73. The molecular formula is C16H19F3N2O2. The van der Waals surface area contributed by atoms with Crippen LogP contribution in [0.15, 0.2) is 24.3 Å². The molecule has 0 aliphatic carbocycles. The van der Waals surface area contributed by atoms with Crippen LogP contribution in [-0.4, -0.2) is 36.0 Å². The van der Waals surface area contributed by atoms with Crippen molar-refractivity contribution >= 4 is 11.8 Å². The molecule has 126 valence electrons. The van der Waals surface area contributed by atoms with E-state index in [1.54, 1.807) is 0 Å². The first-order valence-corrected chi connectivity index (χ1v) is 7.46. The number of amides is 2. The van der Waals surface area contributed by atoms with E-state index in [4.69, 9.17) is 0 Å². The third-order valence-electron chi connectivity index (χ3n) is 3.91. The SMILES string of the molecule is Cc1ccc(CNC(=O)C2CCCN(C(=O)C(F)(F)F)C2)cc1. The highest BCUT2D eigenvalue weighted by Crippen LogP contribution is 2.24. The van der Waals surface area contributed by atoms with Gasteiger partial charge in [0.2, 0.25) is 5.91 Å². The first-order chi connectivity index (χ1) is 10.8. The monoisotopic (exact) mass is 328 g/mol. The second-order valence-electron chi connectivity index (χ2n) is 5.79. The van der Waals surface area contributed by atoms with Gasteiger partial charge in [-0.3, -0.25) is 9.59 Å². The largest absolute Gasteiger partial charge is 0.471 e. The summed E-state index contributed by atoms with van der Waals surface area (Å²) >= 11 is 0. The lowest BCUT2D eigenvalue weighted by Gasteiger charge is -2.32. The molecule has 1 heterocycles. The summed E-state index contributed by atoms with van der Waals surface area (Å²) in [5.41, 5.74) is 2.02. The van der Waals surface area contributed by atoms with Crippen LogP contribution in [-0.2, 0) is 16.1 Å². The van der Waals surface area contributed by atoms with Gasteiger partial charge in [0.1, 0.15) is 0 Å². The third-order valence-corrected chi connectivity index (χ3v) is 3.91. The average Bonchev–Trinajstić information content (AvgIpc) is 2.52. The van der Waals surface area contributed by atoms with Crippen LogP contribution in [0.1, 0.15) is 24.0 Å². The van der Waals surface area contributed by atoms with E-state index in [1.165, 1.54) is 0 Å². The molecule has 1 aliphatic rings. The Labute approximate surface area is 132 Å². The zero-order valence-electron chi connectivity index (χ0n) is 12.8. The van der Waals surface area contributed by atoms with Crippen molar-refractivity contribution in [3.8, 4) is 0 Å². The zero-order valence-corrected chi connectivity index (χ0v) is 12.8. The van der Waals surface area contributed by atoms with Crippen molar-refractivity contribution in [2.24, 2.45) is 5.92 Å². The highest BCUT2D eigenvalue weighted by molar-refractivity contribution is 5.84. The minimum absolute atomic E-state index is 0.0418. The molecule has 0 saturated carbocycles. The normalized spacial score (nSPS) is 18.6. The van der Waals surface area contributed by atoms with Crippen LogP contribution >= 0.6 is 0 Å². The number of carbonyl (C=O) groups is 2. The topological polar surface area (TPSA) is 49.4 Å². The lowest BCUT2D eigenvalue weighted by Crippen LogP contribution is -2.49. The zero-order chi connectivity index (χ0) is 17.0. The number of alkyl halides is 3. The van der Waals surface area contributed by atoms with Gasteiger partial charge in [0.15, 0.2) is 0 Å². The minimum atomic E-state index is -4.89. The molecule has 1 aliphatic heterocycles. The quantitative estimate of drug-likeness (QED) is 0.926. The third kappa shape index (κ3) is 4.71. The summed E-state index contributed by atoms with van der Waals surface area (Å²) in [6.07, 6.45) is -4.01. The number of nitrogens with one attached hydrogen (secondary N) is 1. The van der Waals surface area contributed by atoms with Gasteiger partial charge in [-0.2, -0.15) is 13.2 Å². The molecule has 7 heteroatoms. The van der Waals surface area contributed by atoms with Crippen molar-refractivity contribution in [1.29, 1.82) is 0 Å². The van der Waals surface area contributed by atoms with Crippen molar-refractivity contribution in [3.05, 3.63) is 35.4 Å². The second kappa shape index (κ2) is 7.02. The molecule has 23 heavy (non-hydrogen) atoms. The van der Waals surface area contributed by atoms with Crippen LogP contribution in [0.3, 0.4) is 0 Å². The number of carbonyl (C=O) groups excluding carboxylic acids is 2. The van der Waals surface area contributed by atoms with Gasteiger partial charge < -0.3 is 10.2 Å². The van der Waals surface area contributed by atoms with Crippen molar-refractivity contribution in [2.45, 2.75) is 32.5 Å². The molecule has 1 atom stereocenters. The van der Waals surface area contributed by atoms with Crippen molar-refractivity contribution in [3.63, 3.8) is 0 Å². The van der Waals surface area contributed by atoms with E-state index in [9.17, 15) is 22.8 Å². The molecule has 1 aromatic rings. The molecule has 0 radical (unpaired) electrons. The molecule has 1 fully saturated rings. The fourth-order valence-electron chi connectivity index (χ4n) is 2.59. The number of benzene rings is 1. The number of likely N-dealkylation sites (tertiary alicyclic amines) is 1. The van der Waals surface area contributed by atoms with Gasteiger partial charge in [-0.1, -0.05) is 29.8 Å². The summed E-state index contributed by atoms with van der Waals surface area (Å²) in [6, 6.07) is 7.61. The Balaban J connectivity index is 1.89. The summed E-state index contributed by atoms with van der Waals surface area (Å²) in [6.45, 7) is 2.14. The number of hydrogen-bond acceptors (Lipinski definition) is 2. The maximum atomic E-state index is 12.5. The van der Waals surface area contributed by atoms with Gasteiger partial charge in [-0.25, -0.2) is 0 Å². The van der Waals surface area contributed by atoms with E-state index in [0.29, 0.717) is 19.4 Å². The van der Waals surface area contributed by atoms with E-state index >= 15 is 0 Å². The van der Waals surface area contributed by atoms with E-state index in [0.717, 1.165) is 16.0 Å². The standard InChI is InChI=1S/C16H19F3N2O2/c1-11-4-6-12(7-5-11)9-20-14(22)13-3-2-8-21(10-13)15(23)16(17,18)19/h4-7,13H,2-3,8-10H2,1H3,(H,20,22). The Morgan fingerprint density at radius 3 is 2.52 bits per heavy atom. The minimum Gasteiger partial charge on any atom is -0.352 e. The highest BCUT2D eigenvalue weighted by atomic mass is 19.4. The fraction of sp³-hybridized carbons (Fsp3) is 0.500.